The molecule has 6 nitrogen and oxygen atoms in total. The fourth-order valence-corrected chi connectivity index (χ4v) is 2.85. The van der Waals surface area contributed by atoms with Gasteiger partial charge in [-0.1, -0.05) is 0 Å². The molecule has 2 aromatic rings. The summed E-state index contributed by atoms with van der Waals surface area (Å²) in [5, 5.41) is 10.8. The molecule has 1 aromatic heterocycles. The Morgan fingerprint density at radius 2 is 2.15 bits per heavy atom. The number of nitriles is 1. The van der Waals surface area contributed by atoms with Gasteiger partial charge >= 0.3 is 0 Å². The van der Waals surface area contributed by atoms with Crippen LogP contribution in [0.25, 0.3) is 10.9 Å². The molecule has 104 valence electrons. The molecule has 0 radical (unpaired) electrons. The molecule has 0 atom stereocenters. The third-order valence-corrected chi connectivity index (χ3v) is 4.48. The van der Waals surface area contributed by atoms with Crippen molar-refractivity contribution in [2.24, 2.45) is 7.05 Å². The number of hydrogen-bond acceptors (Lipinski definition) is 6. The van der Waals surface area contributed by atoms with Crippen molar-refractivity contribution in [2.45, 2.75) is 10.6 Å². The quantitative estimate of drug-likeness (QED) is 0.787. The van der Waals surface area contributed by atoms with Crippen LogP contribution < -0.4 is 5.56 Å². The predicted octanol–water partition coefficient (Wildman–Crippen LogP) is 1.05. The Morgan fingerprint density at radius 1 is 1.45 bits per heavy atom. The molecule has 20 heavy (non-hydrogen) atoms. The number of fused-ring (bicyclic) bond motifs is 1. The number of sulfone groups is 1. The van der Waals surface area contributed by atoms with Crippen LogP contribution in [0.3, 0.4) is 0 Å². The maximum Gasteiger partial charge on any atom is 0.261 e. The van der Waals surface area contributed by atoms with Gasteiger partial charge in [0, 0.05) is 13.3 Å². The number of nitrogens with zero attached hydrogens (tertiary/aromatic N) is 3. The third kappa shape index (κ3) is 2.69. The smallest absolute Gasteiger partial charge is 0.261 e. The van der Waals surface area contributed by atoms with Crippen LogP contribution in [0.1, 0.15) is 5.82 Å². The van der Waals surface area contributed by atoms with Crippen molar-refractivity contribution in [2.75, 3.05) is 6.26 Å². The summed E-state index contributed by atoms with van der Waals surface area (Å²) < 4.78 is 24.4. The second kappa shape index (κ2) is 5.26. The minimum absolute atomic E-state index is 0.115. The zero-order chi connectivity index (χ0) is 14.9. The summed E-state index contributed by atoms with van der Waals surface area (Å²) in [6.45, 7) is 0. The molecule has 2 rings (SSSR count). The summed E-state index contributed by atoms with van der Waals surface area (Å²) in [5.41, 5.74) is 0.0631. The van der Waals surface area contributed by atoms with E-state index < -0.39 is 9.84 Å². The molecular formula is C12H11N3O3S2. The number of thiocyanates is 1. The largest absolute Gasteiger partial charge is 0.299 e. The second-order valence-corrected chi connectivity index (χ2v) is 7.00. The van der Waals surface area contributed by atoms with Gasteiger partial charge in [-0.3, -0.25) is 9.36 Å². The summed E-state index contributed by atoms with van der Waals surface area (Å²) in [5.74, 6) is 0.695. The van der Waals surface area contributed by atoms with Crippen molar-refractivity contribution in [3.63, 3.8) is 0 Å². The van der Waals surface area contributed by atoms with Crippen LogP contribution in [0.2, 0.25) is 0 Å². The van der Waals surface area contributed by atoms with Crippen LogP contribution in [0.4, 0.5) is 0 Å². The van der Waals surface area contributed by atoms with E-state index in [1.54, 1.807) is 7.05 Å². The molecule has 0 aliphatic rings. The monoisotopic (exact) mass is 309 g/mol. The first kappa shape index (κ1) is 14.6. The van der Waals surface area contributed by atoms with E-state index in [0.717, 1.165) is 18.0 Å². The van der Waals surface area contributed by atoms with Gasteiger partial charge in [0.05, 0.1) is 21.6 Å². The first-order chi connectivity index (χ1) is 9.34. The Kier molecular flexibility index (Phi) is 3.83. The molecule has 1 heterocycles. The molecular weight excluding hydrogens is 298 g/mol. The Bertz CT molecular complexity index is 879. The highest BCUT2D eigenvalue weighted by atomic mass is 32.2. The maximum atomic E-state index is 12.2. The SMILES string of the molecule is Cn1c(CSC#N)nc2cc(S(C)(=O)=O)ccc2c1=O. The van der Waals surface area contributed by atoms with Crippen LogP contribution >= 0.6 is 11.8 Å². The molecule has 1 aromatic carbocycles. The van der Waals surface area contributed by atoms with E-state index in [-0.39, 0.29) is 16.2 Å². The standard InChI is InChI=1S/C12H11N3O3S2/c1-15-11(6-19-7-13)14-10-5-8(20(2,17)18)3-4-9(10)12(15)16/h3-5H,6H2,1-2H3. The first-order valence-corrected chi connectivity index (χ1v) is 8.43. The molecule has 0 saturated carbocycles. The average molecular weight is 309 g/mol. The van der Waals surface area contributed by atoms with E-state index in [0.29, 0.717) is 16.7 Å². The molecule has 0 unspecified atom stereocenters. The molecule has 0 saturated heterocycles. The summed E-state index contributed by atoms with van der Waals surface area (Å²) in [7, 11) is -1.78. The van der Waals surface area contributed by atoms with Gasteiger partial charge in [-0.05, 0) is 30.0 Å². The second-order valence-electron chi connectivity index (χ2n) is 4.22. The van der Waals surface area contributed by atoms with E-state index in [2.05, 4.69) is 4.98 Å². The molecule has 0 spiro atoms. The summed E-state index contributed by atoms with van der Waals surface area (Å²) >= 11 is 0.967. The van der Waals surface area contributed by atoms with Gasteiger partial charge < -0.3 is 0 Å². The molecule has 0 bridgehead atoms. The van der Waals surface area contributed by atoms with Crippen molar-refractivity contribution >= 4 is 32.5 Å². The molecule has 8 heteroatoms. The lowest BCUT2D eigenvalue weighted by atomic mass is 10.2. The summed E-state index contributed by atoms with van der Waals surface area (Å²) in [6, 6.07) is 4.24. The number of benzene rings is 1. The van der Waals surface area contributed by atoms with E-state index in [1.807, 2.05) is 5.40 Å². The molecule has 0 amide bonds. The van der Waals surface area contributed by atoms with Crippen LogP contribution in [0.5, 0.6) is 0 Å². The number of thioether (sulfide) groups is 1. The zero-order valence-electron chi connectivity index (χ0n) is 10.8. The van der Waals surface area contributed by atoms with Crippen LogP contribution in [-0.4, -0.2) is 24.2 Å². The first-order valence-electron chi connectivity index (χ1n) is 5.55. The van der Waals surface area contributed by atoms with E-state index in [9.17, 15) is 13.2 Å². The Labute approximate surface area is 120 Å². The van der Waals surface area contributed by atoms with Crippen molar-refractivity contribution < 1.29 is 8.42 Å². The lowest BCUT2D eigenvalue weighted by Gasteiger charge is -2.08. The van der Waals surface area contributed by atoms with Gasteiger partial charge in [0.1, 0.15) is 11.2 Å². The van der Waals surface area contributed by atoms with Gasteiger partial charge in [-0.2, -0.15) is 5.26 Å². The number of hydrogen-bond donors (Lipinski definition) is 0. The lowest BCUT2D eigenvalue weighted by molar-refractivity contribution is 0.602. The van der Waals surface area contributed by atoms with Crippen LogP contribution in [0.15, 0.2) is 27.9 Å². The maximum absolute atomic E-state index is 12.2. The normalized spacial score (nSPS) is 11.4. The molecule has 0 N–H and O–H groups in total. The molecule has 0 aliphatic carbocycles. The Morgan fingerprint density at radius 3 is 2.75 bits per heavy atom. The van der Waals surface area contributed by atoms with Crippen LogP contribution in [0, 0.1) is 10.7 Å². The zero-order valence-corrected chi connectivity index (χ0v) is 12.5. The average Bonchev–Trinajstić information content (AvgIpc) is 2.39. The Hall–Kier alpha value is -1.85. The van der Waals surface area contributed by atoms with E-state index in [1.165, 1.54) is 22.8 Å². The molecule has 0 fully saturated rings. The minimum atomic E-state index is -3.35. The summed E-state index contributed by atoms with van der Waals surface area (Å²) in [4.78, 5) is 16.5. The van der Waals surface area contributed by atoms with Gasteiger partial charge in [-0.25, -0.2) is 13.4 Å². The van der Waals surface area contributed by atoms with Crippen molar-refractivity contribution in [1.29, 1.82) is 5.26 Å². The van der Waals surface area contributed by atoms with Gasteiger partial charge in [-0.15, -0.1) is 0 Å². The predicted molar refractivity (Wildman–Crippen MR) is 77.0 cm³/mol. The van der Waals surface area contributed by atoms with Crippen molar-refractivity contribution in [3.05, 3.63) is 34.4 Å². The fraction of sp³-hybridized carbons (Fsp3) is 0.250. The van der Waals surface area contributed by atoms with E-state index in [4.69, 9.17) is 5.26 Å². The van der Waals surface area contributed by atoms with Crippen molar-refractivity contribution in [3.8, 4) is 5.40 Å². The van der Waals surface area contributed by atoms with Gasteiger partial charge in [0.25, 0.3) is 5.56 Å². The van der Waals surface area contributed by atoms with Crippen LogP contribution in [-0.2, 0) is 22.6 Å². The topological polar surface area (TPSA) is 92.8 Å². The van der Waals surface area contributed by atoms with E-state index >= 15 is 0 Å². The Balaban J connectivity index is 2.73. The molecule has 0 aliphatic heterocycles. The highest BCUT2D eigenvalue weighted by Gasteiger charge is 2.12. The number of aromatic nitrogens is 2. The third-order valence-electron chi connectivity index (χ3n) is 2.83. The number of rotatable bonds is 3. The lowest BCUT2D eigenvalue weighted by Crippen LogP contribution is -2.22. The highest BCUT2D eigenvalue weighted by molar-refractivity contribution is 8.02. The van der Waals surface area contributed by atoms with Gasteiger partial charge in [0.2, 0.25) is 0 Å². The summed E-state index contributed by atoms with van der Waals surface area (Å²) in [6.07, 6.45) is 1.10. The highest BCUT2D eigenvalue weighted by Crippen LogP contribution is 2.17. The van der Waals surface area contributed by atoms with Gasteiger partial charge in [0.15, 0.2) is 9.84 Å². The minimum Gasteiger partial charge on any atom is -0.299 e. The van der Waals surface area contributed by atoms with Crippen molar-refractivity contribution in [1.82, 2.24) is 9.55 Å². The fourth-order valence-electron chi connectivity index (χ4n) is 1.75.